The van der Waals surface area contributed by atoms with E-state index in [2.05, 4.69) is 24.2 Å². The van der Waals surface area contributed by atoms with E-state index in [9.17, 15) is 0 Å². The first-order chi connectivity index (χ1) is 8.64. The number of guanidine groups is 1. The fourth-order valence-electron chi connectivity index (χ4n) is 2.96. The minimum Gasteiger partial charge on any atom is -0.383 e. The SMILES string of the molecule is CCC1(CC)C(NC(N)=NCCOC)CC1OC. The zero-order valence-corrected chi connectivity index (χ0v) is 12.0. The lowest BCUT2D eigenvalue weighted by Crippen LogP contribution is -2.65. The van der Waals surface area contributed by atoms with Crippen LogP contribution in [0.15, 0.2) is 4.99 Å². The van der Waals surface area contributed by atoms with Gasteiger partial charge in [-0.3, -0.25) is 4.99 Å². The van der Waals surface area contributed by atoms with Crippen LogP contribution in [0.2, 0.25) is 0 Å². The summed E-state index contributed by atoms with van der Waals surface area (Å²) in [7, 11) is 3.45. The highest BCUT2D eigenvalue weighted by atomic mass is 16.5. The van der Waals surface area contributed by atoms with Crippen molar-refractivity contribution < 1.29 is 9.47 Å². The van der Waals surface area contributed by atoms with E-state index in [-0.39, 0.29) is 5.41 Å². The van der Waals surface area contributed by atoms with Crippen LogP contribution in [0.3, 0.4) is 0 Å². The largest absolute Gasteiger partial charge is 0.383 e. The van der Waals surface area contributed by atoms with E-state index in [4.69, 9.17) is 15.2 Å². The number of hydrogen-bond donors (Lipinski definition) is 2. The van der Waals surface area contributed by atoms with Crippen LogP contribution in [0, 0.1) is 5.41 Å². The van der Waals surface area contributed by atoms with Gasteiger partial charge in [0.1, 0.15) is 0 Å². The van der Waals surface area contributed by atoms with E-state index in [0.717, 1.165) is 19.3 Å². The molecule has 0 aromatic heterocycles. The summed E-state index contributed by atoms with van der Waals surface area (Å²) in [5.74, 6) is 0.512. The molecule has 0 bridgehead atoms. The van der Waals surface area contributed by atoms with Crippen molar-refractivity contribution in [3.63, 3.8) is 0 Å². The number of nitrogens with zero attached hydrogens (tertiary/aromatic N) is 1. The number of nitrogens with one attached hydrogen (secondary N) is 1. The summed E-state index contributed by atoms with van der Waals surface area (Å²) in [5.41, 5.74) is 6.08. The monoisotopic (exact) mass is 257 g/mol. The molecule has 5 nitrogen and oxygen atoms in total. The second-order valence-electron chi connectivity index (χ2n) is 4.86. The van der Waals surface area contributed by atoms with Gasteiger partial charge in [0.05, 0.1) is 19.3 Å². The van der Waals surface area contributed by atoms with Crippen molar-refractivity contribution in [1.82, 2.24) is 5.32 Å². The summed E-state index contributed by atoms with van der Waals surface area (Å²) in [6, 6.07) is 0.365. The number of nitrogens with two attached hydrogens (primary N) is 1. The molecule has 1 saturated carbocycles. The maximum Gasteiger partial charge on any atom is 0.188 e. The molecule has 1 fully saturated rings. The van der Waals surface area contributed by atoms with Crippen molar-refractivity contribution in [2.45, 2.75) is 45.3 Å². The van der Waals surface area contributed by atoms with E-state index in [0.29, 0.717) is 31.3 Å². The van der Waals surface area contributed by atoms with Crippen LogP contribution in [-0.4, -0.2) is 45.5 Å². The van der Waals surface area contributed by atoms with Crippen molar-refractivity contribution in [2.75, 3.05) is 27.4 Å². The van der Waals surface area contributed by atoms with Crippen LogP contribution < -0.4 is 11.1 Å². The smallest absolute Gasteiger partial charge is 0.188 e. The van der Waals surface area contributed by atoms with Crippen LogP contribution in [-0.2, 0) is 9.47 Å². The van der Waals surface area contributed by atoms with E-state index in [1.807, 2.05) is 0 Å². The first kappa shape index (κ1) is 15.2. The molecule has 106 valence electrons. The lowest BCUT2D eigenvalue weighted by atomic mass is 9.58. The van der Waals surface area contributed by atoms with Gasteiger partial charge in [0, 0.05) is 25.7 Å². The quantitative estimate of drug-likeness (QED) is 0.407. The standard InChI is InChI=1S/C13H27N3O2/c1-5-13(6-2)10(9-11(13)18-4)16-12(14)15-7-8-17-3/h10-11H,5-9H2,1-4H3,(H3,14,15,16). The second-order valence-corrected chi connectivity index (χ2v) is 4.86. The number of hydrogen-bond acceptors (Lipinski definition) is 3. The van der Waals surface area contributed by atoms with Crippen LogP contribution >= 0.6 is 0 Å². The maximum atomic E-state index is 5.88. The van der Waals surface area contributed by atoms with Crippen LogP contribution in [0.1, 0.15) is 33.1 Å². The molecule has 1 aliphatic carbocycles. The van der Waals surface area contributed by atoms with Gasteiger partial charge >= 0.3 is 0 Å². The number of methoxy groups -OCH3 is 2. The van der Waals surface area contributed by atoms with Gasteiger partial charge < -0.3 is 20.5 Å². The Morgan fingerprint density at radius 2 is 2.06 bits per heavy atom. The first-order valence-corrected chi connectivity index (χ1v) is 6.72. The van der Waals surface area contributed by atoms with Crippen LogP contribution in [0.25, 0.3) is 0 Å². The third-order valence-corrected chi connectivity index (χ3v) is 4.29. The molecule has 2 atom stereocenters. The average Bonchev–Trinajstić information content (AvgIpc) is 2.36. The maximum absolute atomic E-state index is 5.88. The molecule has 0 aliphatic heterocycles. The lowest BCUT2D eigenvalue weighted by Gasteiger charge is -2.55. The van der Waals surface area contributed by atoms with Gasteiger partial charge in [-0.1, -0.05) is 13.8 Å². The van der Waals surface area contributed by atoms with E-state index >= 15 is 0 Å². The molecule has 2 unspecified atom stereocenters. The molecule has 0 amide bonds. The van der Waals surface area contributed by atoms with Crippen LogP contribution in [0.5, 0.6) is 0 Å². The zero-order valence-electron chi connectivity index (χ0n) is 12.0. The number of ether oxygens (including phenoxy) is 2. The van der Waals surface area contributed by atoms with E-state index in [1.165, 1.54) is 0 Å². The van der Waals surface area contributed by atoms with Crippen molar-refractivity contribution in [3.05, 3.63) is 0 Å². The fraction of sp³-hybridized carbons (Fsp3) is 0.923. The Morgan fingerprint density at radius 1 is 1.39 bits per heavy atom. The summed E-state index contributed by atoms with van der Waals surface area (Å²) in [6.45, 7) is 5.62. The topological polar surface area (TPSA) is 68.9 Å². The summed E-state index contributed by atoms with van der Waals surface area (Å²) < 4.78 is 10.5. The zero-order chi connectivity index (χ0) is 13.6. The molecule has 0 aromatic carbocycles. The Balaban J connectivity index is 2.54. The van der Waals surface area contributed by atoms with Gasteiger partial charge in [-0.05, 0) is 19.3 Å². The van der Waals surface area contributed by atoms with Gasteiger partial charge in [-0.25, -0.2) is 0 Å². The van der Waals surface area contributed by atoms with Gasteiger partial charge in [0.2, 0.25) is 0 Å². The molecule has 3 N–H and O–H groups in total. The average molecular weight is 257 g/mol. The molecular formula is C13H27N3O2. The van der Waals surface area contributed by atoms with Crippen molar-refractivity contribution in [1.29, 1.82) is 0 Å². The molecular weight excluding hydrogens is 230 g/mol. The summed E-state index contributed by atoms with van der Waals surface area (Å²) >= 11 is 0. The van der Waals surface area contributed by atoms with Crippen molar-refractivity contribution in [2.24, 2.45) is 16.1 Å². The van der Waals surface area contributed by atoms with E-state index < -0.39 is 0 Å². The van der Waals surface area contributed by atoms with Crippen molar-refractivity contribution in [3.8, 4) is 0 Å². The molecule has 0 radical (unpaired) electrons. The number of rotatable bonds is 7. The number of aliphatic imine (C=N–C) groups is 1. The Kier molecular flexibility index (Phi) is 5.88. The van der Waals surface area contributed by atoms with E-state index in [1.54, 1.807) is 14.2 Å². The van der Waals surface area contributed by atoms with Gasteiger partial charge in [0.25, 0.3) is 0 Å². The molecule has 5 heteroatoms. The highest BCUT2D eigenvalue weighted by molar-refractivity contribution is 5.78. The molecule has 1 rings (SSSR count). The highest BCUT2D eigenvalue weighted by Crippen LogP contribution is 2.48. The van der Waals surface area contributed by atoms with Crippen molar-refractivity contribution >= 4 is 5.96 Å². The molecule has 0 aromatic rings. The molecule has 0 heterocycles. The Hall–Kier alpha value is -0.810. The van der Waals surface area contributed by atoms with Gasteiger partial charge in [-0.15, -0.1) is 0 Å². The minimum absolute atomic E-state index is 0.191. The third-order valence-electron chi connectivity index (χ3n) is 4.29. The minimum atomic E-state index is 0.191. The fourth-order valence-corrected chi connectivity index (χ4v) is 2.96. The first-order valence-electron chi connectivity index (χ1n) is 6.72. The van der Waals surface area contributed by atoms with Gasteiger partial charge in [0.15, 0.2) is 5.96 Å². The molecule has 0 spiro atoms. The normalized spacial score (nSPS) is 26.8. The molecule has 1 aliphatic rings. The molecule has 18 heavy (non-hydrogen) atoms. The Labute approximate surface area is 110 Å². The Morgan fingerprint density at radius 3 is 2.56 bits per heavy atom. The third kappa shape index (κ3) is 2.95. The second kappa shape index (κ2) is 6.95. The predicted octanol–water partition coefficient (Wildman–Crippen LogP) is 1.13. The Bertz CT molecular complexity index is 277. The van der Waals surface area contributed by atoms with Gasteiger partial charge in [-0.2, -0.15) is 0 Å². The predicted molar refractivity (Wildman–Crippen MR) is 73.7 cm³/mol. The molecule has 0 saturated heterocycles. The highest BCUT2D eigenvalue weighted by Gasteiger charge is 2.53. The summed E-state index contributed by atoms with van der Waals surface area (Å²) in [6.07, 6.45) is 3.51. The van der Waals surface area contributed by atoms with Crippen LogP contribution in [0.4, 0.5) is 0 Å². The summed E-state index contributed by atoms with van der Waals surface area (Å²) in [4.78, 5) is 4.24. The summed E-state index contributed by atoms with van der Waals surface area (Å²) in [5, 5.41) is 3.32. The lowest BCUT2D eigenvalue weighted by molar-refractivity contribution is -0.118.